The molecule has 1 unspecified atom stereocenters. The number of halogens is 2. The number of rotatable bonds is 5. The van der Waals surface area contributed by atoms with Crippen molar-refractivity contribution in [2.45, 2.75) is 25.3 Å². The Bertz CT molecular complexity index is 593. The van der Waals surface area contributed by atoms with E-state index in [0.29, 0.717) is 18.8 Å². The minimum absolute atomic E-state index is 0.00665. The summed E-state index contributed by atoms with van der Waals surface area (Å²) in [7, 11) is -1.71. The van der Waals surface area contributed by atoms with Gasteiger partial charge in [-0.1, -0.05) is 22.4 Å². The Hall–Kier alpha value is -0.150. The first-order valence-corrected chi connectivity index (χ1v) is 9.86. The summed E-state index contributed by atoms with van der Waals surface area (Å²) >= 11 is 6.73. The molecule has 5 nitrogen and oxygen atoms in total. The van der Waals surface area contributed by atoms with Crippen LogP contribution in [0.5, 0.6) is 0 Å². The molecule has 0 saturated carbocycles. The molecule has 1 saturated heterocycles. The molecule has 8 heteroatoms. The molecule has 1 aromatic carbocycles. The molecule has 1 fully saturated rings. The van der Waals surface area contributed by atoms with Crippen LogP contribution in [0.15, 0.2) is 27.1 Å². The average molecular weight is 441 g/mol. The summed E-state index contributed by atoms with van der Waals surface area (Å²) < 4.78 is 31.1. The van der Waals surface area contributed by atoms with Crippen LogP contribution in [0.1, 0.15) is 19.3 Å². The number of nitrogens with one attached hydrogen (secondary N) is 2. The summed E-state index contributed by atoms with van der Waals surface area (Å²) in [5.41, 5.74) is 0.540. The molecule has 0 spiro atoms. The first kappa shape index (κ1) is 17.2. The first-order valence-electron chi connectivity index (χ1n) is 6.83. The summed E-state index contributed by atoms with van der Waals surface area (Å²) in [6.45, 7) is 1.23. The van der Waals surface area contributed by atoms with Crippen molar-refractivity contribution in [2.75, 3.05) is 24.9 Å². The molecule has 21 heavy (non-hydrogen) atoms. The Labute approximate surface area is 142 Å². The molecule has 2 N–H and O–H groups in total. The van der Waals surface area contributed by atoms with E-state index in [0.717, 1.165) is 28.2 Å². The molecular weight excluding hydrogens is 422 g/mol. The summed E-state index contributed by atoms with van der Waals surface area (Å²) in [6, 6.07) is 5.42. The normalized spacial score (nSPS) is 20.4. The van der Waals surface area contributed by atoms with Crippen LogP contribution >= 0.6 is 31.9 Å². The zero-order valence-electron chi connectivity index (χ0n) is 11.8. The van der Waals surface area contributed by atoms with Crippen LogP contribution in [0.3, 0.4) is 0 Å². The van der Waals surface area contributed by atoms with Gasteiger partial charge in [0.15, 0.2) is 0 Å². The first-order chi connectivity index (χ1) is 9.94. The number of anilines is 1. The maximum absolute atomic E-state index is 12.7. The smallest absolute Gasteiger partial charge is 0.301 e. The van der Waals surface area contributed by atoms with Crippen LogP contribution in [0.25, 0.3) is 0 Å². The predicted octanol–water partition coefficient (Wildman–Crippen LogP) is 2.94. The van der Waals surface area contributed by atoms with Crippen LogP contribution in [0, 0.1) is 0 Å². The number of likely N-dealkylation sites (N-methyl/N-ethyl adjacent to an activating group) is 1. The van der Waals surface area contributed by atoms with Crippen LogP contribution in [-0.2, 0) is 10.2 Å². The zero-order chi connectivity index (χ0) is 15.5. The Morgan fingerprint density at radius 3 is 2.81 bits per heavy atom. The van der Waals surface area contributed by atoms with Gasteiger partial charge in [0, 0.05) is 28.1 Å². The minimum atomic E-state index is -3.55. The maximum atomic E-state index is 12.7. The van der Waals surface area contributed by atoms with Crippen LogP contribution < -0.4 is 10.0 Å². The van der Waals surface area contributed by atoms with Gasteiger partial charge in [-0.15, -0.1) is 0 Å². The molecule has 118 valence electrons. The lowest BCUT2D eigenvalue weighted by molar-refractivity contribution is 0.250. The Balaban J connectivity index is 2.22. The van der Waals surface area contributed by atoms with Crippen LogP contribution in [0.4, 0.5) is 5.69 Å². The standard InChI is InChI=1S/C13H19Br2N3O2S/c1-16-9-11-4-2-3-7-18(11)21(19,20)17-13-8-10(14)5-6-12(13)15/h5-6,8,11,16-17H,2-4,7,9H2,1H3. The molecule has 1 heterocycles. The van der Waals surface area contributed by atoms with Gasteiger partial charge in [-0.25, -0.2) is 0 Å². The molecule has 2 rings (SSSR count). The van der Waals surface area contributed by atoms with E-state index in [1.165, 1.54) is 0 Å². The second kappa shape index (κ2) is 7.41. The lowest BCUT2D eigenvalue weighted by Gasteiger charge is -2.34. The predicted molar refractivity (Wildman–Crippen MR) is 92.7 cm³/mol. The molecule has 0 aliphatic carbocycles. The number of benzene rings is 1. The van der Waals surface area contributed by atoms with Crippen molar-refractivity contribution in [1.82, 2.24) is 9.62 Å². The average Bonchev–Trinajstić information content (AvgIpc) is 2.43. The van der Waals surface area contributed by atoms with Crippen molar-refractivity contribution < 1.29 is 8.42 Å². The summed E-state index contributed by atoms with van der Waals surface area (Å²) in [6.07, 6.45) is 2.86. The Morgan fingerprint density at radius 1 is 1.33 bits per heavy atom. The molecule has 1 atom stereocenters. The van der Waals surface area contributed by atoms with Crippen molar-refractivity contribution in [1.29, 1.82) is 0 Å². The van der Waals surface area contributed by atoms with Gasteiger partial charge in [0.1, 0.15) is 0 Å². The van der Waals surface area contributed by atoms with E-state index >= 15 is 0 Å². The highest BCUT2D eigenvalue weighted by Gasteiger charge is 2.32. The van der Waals surface area contributed by atoms with Crippen molar-refractivity contribution in [2.24, 2.45) is 0 Å². The van der Waals surface area contributed by atoms with Crippen LogP contribution in [0.2, 0.25) is 0 Å². The van der Waals surface area contributed by atoms with Gasteiger partial charge in [-0.05, 0) is 54.0 Å². The Morgan fingerprint density at radius 2 is 2.10 bits per heavy atom. The molecular formula is C13H19Br2N3O2S. The van der Waals surface area contributed by atoms with Gasteiger partial charge >= 0.3 is 10.2 Å². The van der Waals surface area contributed by atoms with E-state index in [1.54, 1.807) is 10.4 Å². The molecule has 1 aromatic rings. The zero-order valence-corrected chi connectivity index (χ0v) is 15.8. The minimum Gasteiger partial charge on any atom is -0.318 e. The number of hydrogen-bond acceptors (Lipinski definition) is 3. The van der Waals surface area contributed by atoms with Gasteiger partial charge < -0.3 is 5.32 Å². The lowest BCUT2D eigenvalue weighted by Crippen LogP contribution is -2.49. The third kappa shape index (κ3) is 4.41. The monoisotopic (exact) mass is 439 g/mol. The van der Waals surface area contributed by atoms with Gasteiger partial charge in [-0.2, -0.15) is 12.7 Å². The molecule has 0 bridgehead atoms. The fourth-order valence-corrected chi connectivity index (χ4v) is 4.85. The highest BCUT2D eigenvalue weighted by atomic mass is 79.9. The number of nitrogens with zero attached hydrogens (tertiary/aromatic N) is 1. The summed E-state index contributed by atoms with van der Waals surface area (Å²) in [5.74, 6) is 0. The van der Waals surface area contributed by atoms with Gasteiger partial charge in [0.25, 0.3) is 0 Å². The quantitative estimate of drug-likeness (QED) is 0.739. The maximum Gasteiger partial charge on any atom is 0.301 e. The summed E-state index contributed by atoms with van der Waals surface area (Å²) in [5, 5.41) is 3.07. The van der Waals surface area contributed by atoms with Gasteiger partial charge in [0.05, 0.1) is 5.69 Å². The van der Waals surface area contributed by atoms with Crippen molar-refractivity contribution in [3.63, 3.8) is 0 Å². The van der Waals surface area contributed by atoms with Crippen molar-refractivity contribution in [3.05, 3.63) is 27.1 Å². The van der Waals surface area contributed by atoms with Crippen LogP contribution in [-0.4, -0.2) is 38.9 Å². The fraction of sp³-hybridized carbons (Fsp3) is 0.538. The van der Waals surface area contributed by atoms with E-state index in [1.807, 2.05) is 19.2 Å². The molecule has 1 aliphatic rings. The van der Waals surface area contributed by atoms with E-state index in [2.05, 4.69) is 41.9 Å². The molecule has 0 amide bonds. The third-order valence-corrected chi connectivity index (χ3v) is 6.25. The highest BCUT2D eigenvalue weighted by Crippen LogP contribution is 2.29. The van der Waals surface area contributed by atoms with Crippen molar-refractivity contribution >= 4 is 47.8 Å². The fourth-order valence-electron chi connectivity index (χ4n) is 2.50. The number of piperidine rings is 1. The SMILES string of the molecule is CNCC1CCCCN1S(=O)(=O)Nc1cc(Br)ccc1Br. The van der Waals surface area contributed by atoms with E-state index in [9.17, 15) is 8.42 Å². The second-order valence-electron chi connectivity index (χ2n) is 5.05. The Kier molecular flexibility index (Phi) is 6.07. The van der Waals surface area contributed by atoms with E-state index in [-0.39, 0.29) is 6.04 Å². The van der Waals surface area contributed by atoms with E-state index < -0.39 is 10.2 Å². The lowest BCUT2D eigenvalue weighted by atomic mass is 10.1. The number of hydrogen-bond donors (Lipinski definition) is 2. The second-order valence-corrected chi connectivity index (χ2v) is 8.44. The van der Waals surface area contributed by atoms with Gasteiger partial charge in [0.2, 0.25) is 0 Å². The molecule has 0 radical (unpaired) electrons. The highest BCUT2D eigenvalue weighted by molar-refractivity contribution is 9.11. The van der Waals surface area contributed by atoms with E-state index in [4.69, 9.17) is 0 Å². The largest absolute Gasteiger partial charge is 0.318 e. The molecule has 0 aromatic heterocycles. The molecule has 1 aliphatic heterocycles. The van der Waals surface area contributed by atoms with Crippen molar-refractivity contribution in [3.8, 4) is 0 Å². The summed E-state index contributed by atoms with van der Waals surface area (Å²) in [4.78, 5) is 0. The topological polar surface area (TPSA) is 61.4 Å². The third-order valence-electron chi connectivity index (χ3n) is 3.49. The van der Waals surface area contributed by atoms with Gasteiger partial charge in [-0.3, -0.25) is 4.72 Å².